The van der Waals surface area contributed by atoms with E-state index in [2.05, 4.69) is 65.6 Å². The molecule has 1 aromatic carbocycles. The molecule has 204 valence electrons. The lowest BCUT2D eigenvalue weighted by molar-refractivity contribution is -0.0522. The zero-order valence-corrected chi connectivity index (χ0v) is 22.1. The van der Waals surface area contributed by atoms with Gasteiger partial charge in [-0.05, 0) is 85.6 Å². The largest absolute Gasteiger partial charge is 0.486 e. The first kappa shape index (κ1) is 27.3. The number of aromatic nitrogens is 2. The number of alkyl halides is 2. The van der Waals surface area contributed by atoms with Gasteiger partial charge in [0.1, 0.15) is 6.10 Å². The van der Waals surface area contributed by atoms with Gasteiger partial charge in [0.05, 0.1) is 6.20 Å². The number of nitrogens with one attached hydrogen (secondary N) is 3. The van der Waals surface area contributed by atoms with Crippen molar-refractivity contribution in [3.63, 3.8) is 0 Å². The van der Waals surface area contributed by atoms with Gasteiger partial charge in [0.15, 0.2) is 23.1 Å². The van der Waals surface area contributed by atoms with Crippen LogP contribution in [0.2, 0.25) is 0 Å². The van der Waals surface area contributed by atoms with Crippen LogP contribution in [0.3, 0.4) is 0 Å². The lowest BCUT2D eigenvalue weighted by atomic mass is 9.77. The van der Waals surface area contributed by atoms with Crippen LogP contribution in [0.25, 0.3) is 0 Å². The minimum absolute atomic E-state index is 0.0101. The van der Waals surface area contributed by atoms with Gasteiger partial charge in [-0.2, -0.15) is 13.8 Å². The van der Waals surface area contributed by atoms with Crippen LogP contribution in [-0.2, 0) is 0 Å². The zero-order valence-electron chi connectivity index (χ0n) is 22.1. The second-order valence-corrected chi connectivity index (χ2v) is 11.1. The molecule has 0 amide bonds. The topological polar surface area (TPSA) is 83.6 Å². The summed E-state index contributed by atoms with van der Waals surface area (Å²) in [6.45, 7) is 7.28. The van der Waals surface area contributed by atoms with E-state index >= 15 is 0 Å². The molecule has 0 unspecified atom stereocenters. The predicted octanol–water partition coefficient (Wildman–Crippen LogP) is 5.15. The summed E-state index contributed by atoms with van der Waals surface area (Å²) in [7, 11) is 2.11. The second-order valence-electron chi connectivity index (χ2n) is 11.1. The first-order valence-corrected chi connectivity index (χ1v) is 12.7. The SMILES string of the molecule is CN1C(C)(C)CC(Nc2nc(Nc3ccc(OC4CCNCC4)c(OC(F)F)c3)ncc2F)CC1(C)C. The highest BCUT2D eigenvalue weighted by molar-refractivity contribution is 5.60. The third-order valence-corrected chi connectivity index (χ3v) is 7.39. The van der Waals surface area contributed by atoms with Crippen LogP contribution in [0.5, 0.6) is 11.5 Å². The maximum absolute atomic E-state index is 14.7. The van der Waals surface area contributed by atoms with Gasteiger partial charge in [-0.1, -0.05) is 0 Å². The molecule has 3 heterocycles. The smallest absolute Gasteiger partial charge is 0.387 e. The molecule has 2 saturated heterocycles. The van der Waals surface area contributed by atoms with Crippen molar-refractivity contribution < 1.29 is 22.6 Å². The van der Waals surface area contributed by atoms with E-state index in [1.165, 1.54) is 6.07 Å². The van der Waals surface area contributed by atoms with Gasteiger partial charge in [0.25, 0.3) is 0 Å². The maximum atomic E-state index is 14.7. The number of hydrogen-bond donors (Lipinski definition) is 3. The summed E-state index contributed by atoms with van der Waals surface area (Å²) in [5.41, 5.74) is 0.249. The van der Waals surface area contributed by atoms with E-state index in [1.54, 1.807) is 12.1 Å². The van der Waals surface area contributed by atoms with Crippen LogP contribution in [0.15, 0.2) is 24.4 Å². The number of benzene rings is 1. The van der Waals surface area contributed by atoms with E-state index in [0.29, 0.717) is 5.69 Å². The molecule has 0 bridgehead atoms. The van der Waals surface area contributed by atoms with Crippen molar-refractivity contribution in [1.29, 1.82) is 0 Å². The Morgan fingerprint density at radius 3 is 2.41 bits per heavy atom. The lowest BCUT2D eigenvalue weighted by Crippen LogP contribution is -2.61. The van der Waals surface area contributed by atoms with Crippen LogP contribution in [-0.4, -0.2) is 64.8 Å². The van der Waals surface area contributed by atoms with Crippen LogP contribution in [0, 0.1) is 5.82 Å². The fourth-order valence-electron chi connectivity index (χ4n) is 5.29. The van der Waals surface area contributed by atoms with Crippen LogP contribution < -0.4 is 25.4 Å². The summed E-state index contributed by atoms with van der Waals surface area (Å²) in [5, 5.41) is 9.46. The van der Waals surface area contributed by atoms with Crippen LogP contribution in [0.1, 0.15) is 53.4 Å². The van der Waals surface area contributed by atoms with Crippen molar-refractivity contribution in [2.24, 2.45) is 0 Å². The summed E-state index contributed by atoms with van der Waals surface area (Å²) in [4.78, 5) is 10.7. The van der Waals surface area contributed by atoms with Gasteiger partial charge in [0, 0.05) is 28.9 Å². The summed E-state index contributed by atoms with van der Waals surface area (Å²) in [5.74, 6) is -0.186. The number of rotatable bonds is 8. The molecular weight excluding hydrogens is 485 g/mol. The Morgan fingerprint density at radius 1 is 1.08 bits per heavy atom. The second kappa shape index (κ2) is 10.9. The average Bonchev–Trinajstić information content (AvgIpc) is 2.81. The Kier molecular flexibility index (Phi) is 8.03. The van der Waals surface area contributed by atoms with Gasteiger partial charge in [-0.3, -0.25) is 4.90 Å². The maximum Gasteiger partial charge on any atom is 0.387 e. The third-order valence-electron chi connectivity index (χ3n) is 7.39. The van der Waals surface area contributed by atoms with Crippen LogP contribution in [0.4, 0.5) is 30.6 Å². The number of nitrogens with zero attached hydrogens (tertiary/aromatic N) is 3. The molecule has 0 atom stereocenters. The van der Waals surface area contributed by atoms with E-state index in [1.807, 2.05) is 0 Å². The molecule has 0 radical (unpaired) electrons. The van der Waals surface area contributed by atoms with Crippen molar-refractivity contribution in [1.82, 2.24) is 20.2 Å². The van der Waals surface area contributed by atoms with Gasteiger partial charge < -0.3 is 25.4 Å². The molecule has 1 aromatic heterocycles. The average molecular weight is 523 g/mol. The molecule has 8 nitrogen and oxygen atoms in total. The van der Waals surface area contributed by atoms with Gasteiger partial charge in [-0.25, -0.2) is 9.37 Å². The van der Waals surface area contributed by atoms with Crippen molar-refractivity contribution in [2.45, 2.75) is 83.2 Å². The van der Waals surface area contributed by atoms with Crippen LogP contribution >= 0.6 is 0 Å². The fraction of sp³-hybridized carbons (Fsp3) is 0.615. The Hall–Kier alpha value is -2.79. The molecule has 2 aliphatic rings. The monoisotopic (exact) mass is 522 g/mol. The number of hydrogen-bond acceptors (Lipinski definition) is 8. The van der Waals surface area contributed by atoms with Crippen molar-refractivity contribution >= 4 is 17.5 Å². The van der Waals surface area contributed by atoms with Crippen molar-refractivity contribution in [2.75, 3.05) is 30.8 Å². The number of piperidine rings is 2. The predicted molar refractivity (Wildman–Crippen MR) is 137 cm³/mol. The zero-order chi connectivity index (χ0) is 26.8. The minimum Gasteiger partial charge on any atom is -0.486 e. The van der Waals surface area contributed by atoms with E-state index < -0.39 is 12.4 Å². The number of likely N-dealkylation sites (tertiary alicyclic amines) is 1. The Balaban J connectivity index is 1.50. The molecule has 0 spiro atoms. The molecule has 37 heavy (non-hydrogen) atoms. The highest BCUT2D eigenvalue weighted by atomic mass is 19.3. The first-order valence-electron chi connectivity index (χ1n) is 12.7. The molecular formula is C26H37F3N6O2. The minimum atomic E-state index is -3.01. The highest BCUT2D eigenvalue weighted by Gasteiger charge is 2.43. The quantitative estimate of drug-likeness (QED) is 0.439. The van der Waals surface area contributed by atoms with Gasteiger partial charge in [0.2, 0.25) is 5.95 Å². The number of halogens is 3. The molecule has 3 N–H and O–H groups in total. The van der Waals surface area contributed by atoms with Crippen molar-refractivity contribution in [3.8, 4) is 11.5 Å². The first-order chi connectivity index (χ1) is 17.4. The summed E-state index contributed by atoms with van der Waals surface area (Å²) >= 11 is 0. The summed E-state index contributed by atoms with van der Waals surface area (Å²) in [6.07, 6.45) is 4.19. The van der Waals surface area contributed by atoms with E-state index in [9.17, 15) is 13.2 Å². The standard InChI is InChI=1S/C26H37F3N6O2/c1-25(2)13-17(14-26(3,4)35(25)5)32-22-19(27)15-31-24(34-22)33-16-6-7-20(21(12-16)37-23(28)29)36-18-8-10-30-11-9-18/h6-7,12,15,17-18,23,30H,8-11,13-14H2,1-5H3,(H2,31,32,33,34). The number of anilines is 3. The molecule has 2 aliphatic heterocycles. The van der Waals surface area contributed by atoms with E-state index in [4.69, 9.17) is 9.47 Å². The van der Waals surface area contributed by atoms with E-state index in [-0.39, 0.29) is 46.5 Å². The van der Waals surface area contributed by atoms with Gasteiger partial charge in [-0.15, -0.1) is 0 Å². The van der Waals surface area contributed by atoms with E-state index in [0.717, 1.165) is 45.0 Å². The fourth-order valence-corrected chi connectivity index (χ4v) is 5.29. The molecule has 0 saturated carbocycles. The molecule has 0 aliphatic carbocycles. The highest BCUT2D eigenvalue weighted by Crippen LogP contribution is 2.38. The Labute approximate surface area is 216 Å². The van der Waals surface area contributed by atoms with Gasteiger partial charge >= 0.3 is 6.61 Å². The third kappa shape index (κ3) is 6.75. The molecule has 4 rings (SSSR count). The molecule has 2 fully saturated rings. The van der Waals surface area contributed by atoms with Crippen molar-refractivity contribution in [3.05, 3.63) is 30.2 Å². The lowest BCUT2D eigenvalue weighted by Gasteiger charge is -2.53. The Morgan fingerprint density at radius 2 is 1.76 bits per heavy atom. The molecule has 2 aromatic rings. The summed E-state index contributed by atoms with van der Waals surface area (Å²) < 4.78 is 51.5. The Bertz CT molecular complexity index is 1060. The normalized spacial score (nSPS) is 20.6. The molecule has 11 heteroatoms. The summed E-state index contributed by atoms with van der Waals surface area (Å²) in [6, 6.07) is 4.66. The number of ether oxygens (including phenoxy) is 2.